The van der Waals surface area contributed by atoms with E-state index in [-0.39, 0.29) is 5.97 Å². The molecule has 0 bridgehead atoms. The standard InChI is InChI=1S/C22H25NO3/c1-14(2)23-18-11-9-16-17(21(18)23)10-12-19(20(16)22(24)25-3)26-13-15-7-5-4-6-8-15/h4-8,10,12,14,18,21H,9,11,13H2,1-3H3. The average Bonchev–Trinajstić information content (AvgIpc) is 3.41. The second kappa shape index (κ2) is 6.76. The van der Waals surface area contributed by atoms with Crippen molar-refractivity contribution in [3.63, 3.8) is 0 Å². The predicted octanol–water partition coefficient (Wildman–Crippen LogP) is 4.13. The number of benzene rings is 2. The van der Waals surface area contributed by atoms with E-state index in [9.17, 15) is 4.79 Å². The summed E-state index contributed by atoms with van der Waals surface area (Å²) < 4.78 is 11.1. The molecular weight excluding hydrogens is 326 g/mol. The van der Waals surface area contributed by atoms with E-state index in [1.807, 2.05) is 36.4 Å². The lowest BCUT2D eigenvalue weighted by atomic mass is 9.87. The number of hydrogen-bond acceptors (Lipinski definition) is 4. The van der Waals surface area contributed by atoms with Crippen LogP contribution in [0.2, 0.25) is 0 Å². The first-order valence-corrected chi connectivity index (χ1v) is 9.30. The van der Waals surface area contributed by atoms with Crippen LogP contribution in [0.25, 0.3) is 0 Å². The van der Waals surface area contributed by atoms with Crippen LogP contribution in [-0.2, 0) is 17.8 Å². The third-order valence-electron chi connectivity index (χ3n) is 5.52. The van der Waals surface area contributed by atoms with Crippen LogP contribution in [0.15, 0.2) is 42.5 Å². The Morgan fingerprint density at radius 1 is 1.19 bits per heavy atom. The molecule has 1 heterocycles. The quantitative estimate of drug-likeness (QED) is 0.600. The van der Waals surface area contributed by atoms with E-state index >= 15 is 0 Å². The van der Waals surface area contributed by atoms with Crippen molar-refractivity contribution in [3.05, 3.63) is 64.7 Å². The maximum atomic E-state index is 12.5. The van der Waals surface area contributed by atoms with Crippen LogP contribution in [-0.4, -0.2) is 30.1 Å². The SMILES string of the molecule is COC(=O)c1c(OCc2ccccc2)ccc2c1CCC1C2N1C(C)C. The summed E-state index contributed by atoms with van der Waals surface area (Å²) in [7, 11) is 1.44. The van der Waals surface area contributed by atoms with Crippen LogP contribution in [0.5, 0.6) is 5.75 Å². The summed E-state index contributed by atoms with van der Waals surface area (Å²) in [6.07, 6.45) is 1.98. The molecule has 26 heavy (non-hydrogen) atoms. The smallest absolute Gasteiger partial charge is 0.341 e. The summed E-state index contributed by atoms with van der Waals surface area (Å²) >= 11 is 0. The van der Waals surface area contributed by atoms with Gasteiger partial charge in [0, 0.05) is 12.1 Å². The van der Waals surface area contributed by atoms with Gasteiger partial charge in [-0.05, 0) is 49.4 Å². The Hall–Kier alpha value is -2.33. The molecule has 4 heteroatoms. The van der Waals surface area contributed by atoms with Crippen molar-refractivity contribution in [2.75, 3.05) is 7.11 Å². The lowest BCUT2D eigenvalue weighted by Gasteiger charge is -2.20. The molecule has 136 valence electrons. The topological polar surface area (TPSA) is 38.5 Å². The van der Waals surface area contributed by atoms with Gasteiger partial charge >= 0.3 is 5.97 Å². The van der Waals surface area contributed by atoms with Crippen molar-refractivity contribution in [2.24, 2.45) is 0 Å². The summed E-state index contributed by atoms with van der Waals surface area (Å²) in [6, 6.07) is 15.6. The number of carbonyl (C=O) groups excluding carboxylic acids is 1. The molecule has 4 rings (SSSR count). The molecule has 0 aromatic heterocycles. The number of rotatable bonds is 5. The third-order valence-corrected chi connectivity index (χ3v) is 5.52. The van der Waals surface area contributed by atoms with E-state index in [1.165, 1.54) is 12.7 Å². The number of fused-ring (bicyclic) bond motifs is 3. The summed E-state index contributed by atoms with van der Waals surface area (Å²) in [4.78, 5) is 15.1. The normalized spacial score (nSPS) is 23.2. The van der Waals surface area contributed by atoms with Gasteiger partial charge in [0.15, 0.2) is 0 Å². The summed E-state index contributed by atoms with van der Waals surface area (Å²) in [5, 5.41) is 0. The van der Waals surface area contributed by atoms with Crippen LogP contribution >= 0.6 is 0 Å². The number of esters is 1. The fourth-order valence-electron chi connectivity index (χ4n) is 4.34. The number of carbonyl (C=O) groups is 1. The Morgan fingerprint density at radius 3 is 2.65 bits per heavy atom. The van der Waals surface area contributed by atoms with E-state index in [4.69, 9.17) is 9.47 Å². The van der Waals surface area contributed by atoms with Crippen LogP contribution in [0.4, 0.5) is 0 Å². The second-order valence-electron chi connectivity index (χ2n) is 7.36. The van der Waals surface area contributed by atoms with E-state index in [1.54, 1.807) is 0 Å². The summed E-state index contributed by atoms with van der Waals surface area (Å²) in [5.74, 6) is 0.315. The van der Waals surface area contributed by atoms with E-state index in [2.05, 4.69) is 24.8 Å². The molecule has 2 aliphatic rings. The van der Waals surface area contributed by atoms with Gasteiger partial charge < -0.3 is 9.47 Å². The zero-order valence-corrected chi connectivity index (χ0v) is 15.6. The Labute approximate surface area is 154 Å². The highest BCUT2D eigenvalue weighted by atomic mass is 16.5. The van der Waals surface area contributed by atoms with Gasteiger partial charge in [-0.25, -0.2) is 4.79 Å². The third kappa shape index (κ3) is 2.88. The number of nitrogens with zero attached hydrogens (tertiary/aromatic N) is 1. The monoisotopic (exact) mass is 351 g/mol. The summed E-state index contributed by atoms with van der Waals surface area (Å²) in [5.41, 5.74) is 4.05. The van der Waals surface area contributed by atoms with E-state index in [0.717, 1.165) is 24.0 Å². The molecular formula is C22H25NO3. The van der Waals surface area contributed by atoms with Crippen LogP contribution in [0, 0.1) is 0 Å². The highest BCUT2D eigenvalue weighted by Gasteiger charge is 2.52. The average molecular weight is 351 g/mol. The molecule has 1 fully saturated rings. The van der Waals surface area contributed by atoms with Gasteiger partial charge in [-0.3, -0.25) is 4.90 Å². The predicted molar refractivity (Wildman–Crippen MR) is 100 cm³/mol. The van der Waals surface area contributed by atoms with Crippen molar-refractivity contribution >= 4 is 5.97 Å². The Bertz CT molecular complexity index is 816. The number of methoxy groups -OCH3 is 1. The van der Waals surface area contributed by atoms with E-state index < -0.39 is 0 Å². The molecule has 0 N–H and O–H groups in total. The minimum absolute atomic E-state index is 0.305. The molecule has 0 saturated carbocycles. The van der Waals surface area contributed by atoms with Gasteiger partial charge in [0.05, 0.1) is 13.2 Å². The molecule has 0 spiro atoms. The molecule has 3 atom stereocenters. The number of ether oxygens (including phenoxy) is 2. The minimum atomic E-state index is -0.305. The van der Waals surface area contributed by atoms with Crippen molar-refractivity contribution < 1.29 is 14.3 Å². The summed E-state index contributed by atoms with van der Waals surface area (Å²) in [6.45, 7) is 4.90. The molecule has 3 unspecified atom stereocenters. The Balaban J connectivity index is 1.67. The van der Waals surface area contributed by atoms with Crippen molar-refractivity contribution in [1.29, 1.82) is 0 Å². The van der Waals surface area contributed by atoms with Gasteiger partial charge in [-0.1, -0.05) is 36.4 Å². The van der Waals surface area contributed by atoms with Crippen LogP contribution < -0.4 is 4.74 Å². The lowest BCUT2D eigenvalue weighted by Crippen LogP contribution is -2.15. The maximum Gasteiger partial charge on any atom is 0.341 e. The van der Waals surface area contributed by atoms with Crippen molar-refractivity contribution in [3.8, 4) is 5.75 Å². The van der Waals surface area contributed by atoms with Crippen LogP contribution in [0.3, 0.4) is 0 Å². The zero-order valence-electron chi connectivity index (χ0n) is 15.6. The van der Waals surface area contributed by atoms with Gasteiger partial charge in [0.2, 0.25) is 0 Å². The van der Waals surface area contributed by atoms with Crippen molar-refractivity contribution in [2.45, 2.75) is 51.4 Å². The van der Waals surface area contributed by atoms with Crippen LogP contribution in [0.1, 0.15) is 53.4 Å². The number of hydrogen-bond donors (Lipinski definition) is 0. The van der Waals surface area contributed by atoms with Gasteiger partial charge in [0.25, 0.3) is 0 Å². The first-order chi connectivity index (χ1) is 12.6. The first kappa shape index (κ1) is 17.1. The molecule has 0 radical (unpaired) electrons. The molecule has 2 aromatic rings. The highest BCUT2D eigenvalue weighted by Crippen LogP contribution is 2.53. The highest BCUT2D eigenvalue weighted by molar-refractivity contribution is 5.95. The Kier molecular flexibility index (Phi) is 4.45. The lowest BCUT2D eigenvalue weighted by molar-refractivity contribution is 0.0594. The Morgan fingerprint density at radius 2 is 1.96 bits per heavy atom. The van der Waals surface area contributed by atoms with Gasteiger partial charge in [-0.15, -0.1) is 0 Å². The fourth-order valence-corrected chi connectivity index (χ4v) is 4.34. The molecule has 1 aliphatic heterocycles. The van der Waals surface area contributed by atoms with Gasteiger partial charge in [-0.2, -0.15) is 0 Å². The molecule has 2 aromatic carbocycles. The second-order valence-corrected chi connectivity index (χ2v) is 7.36. The fraction of sp³-hybridized carbons (Fsp3) is 0.409. The zero-order chi connectivity index (χ0) is 18.3. The molecule has 0 amide bonds. The van der Waals surface area contributed by atoms with Crippen molar-refractivity contribution in [1.82, 2.24) is 4.90 Å². The molecule has 1 aliphatic carbocycles. The molecule has 1 saturated heterocycles. The van der Waals surface area contributed by atoms with Gasteiger partial charge in [0.1, 0.15) is 17.9 Å². The van der Waals surface area contributed by atoms with E-state index in [0.29, 0.717) is 36.0 Å². The minimum Gasteiger partial charge on any atom is -0.488 e. The molecule has 4 nitrogen and oxygen atoms in total. The first-order valence-electron chi connectivity index (χ1n) is 9.30. The largest absolute Gasteiger partial charge is 0.488 e. The maximum absolute atomic E-state index is 12.5.